The lowest BCUT2D eigenvalue weighted by Gasteiger charge is -2.03. The number of H-pyrrole nitrogens is 1. The van der Waals surface area contributed by atoms with Crippen LogP contribution in [0.4, 0.5) is 0 Å². The van der Waals surface area contributed by atoms with Crippen molar-refractivity contribution in [2.75, 3.05) is 12.9 Å². The maximum atomic E-state index is 12.2. The van der Waals surface area contributed by atoms with Gasteiger partial charge in [0.15, 0.2) is 10.9 Å². The molecular weight excluding hydrogens is 336 g/mol. The summed E-state index contributed by atoms with van der Waals surface area (Å²) in [5.41, 5.74) is 0.655. The minimum Gasteiger partial charge on any atom is -0.469 e. The quantitative estimate of drug-likeness (QED) is 0.371. The monoisotopic (exact) mass is 352 g/mol. The third kappa shape index (κ3) is 4.77. The van der Waals surface area contributed by atoms with Crippen LogP contribution < -0.4 is 5.56 Å². The zero-order valence-electron chi connectivity index (χ0n) is 13.0. The fourth-order valence-electron chi connectivity index (χ4n) is 1.98. The number of ether oxygens (including phenoxy) is 1. The molecule has 0 aliphatic rings. The summed E-state index contributed by atoms with van der Waals surface area (Å²) < 4.78 is 4.55. The largest absolute Gasteiger partial charge is 0.469 e. The zero-order valence-corrected chi connectivity index (χ0v) is 14.6. The minimum absolute atomic E-state index is 0.0159. The Kier molecular flexibility index (Phi) is 5.73. The van der Waals surface area contributed by atoms with E-state index in [9.17, 15) is 14.4 Å². The normalized spacial score (nSPS) is 10.6. The van der Waals surface area contributed by atoms with Gasteiger partial charge in [-0.2, -0.15) is 0 Å². The Balaban J connectivity index is 2.08. The van der Waals surface area contributed by atoms with Gasteiger partial charge < -0.3 is 9.72 Å². The number of thiophene rings is 1. The average Bonchev–Trinajstić information content (AvgIpc) is 2.83. The number of rotatable bonds is 6. The van der Waals surface area contributed by atoms with Crippen LogP contribution in [-0.4, -0.2) is 34.6 Å². The Morgan fingerprint density at radius 1 is 1.35 bits per heavy atom. The van der Waals surface area contributed by atoms with Crippen molar-refractivity contribution in [3.8, 4) is 0 Å². The molecule has 23 heavy (non-hydrogen) atoms. The Morgan fingerprint density at radius 3 is 2.70 bits per heavy atom. The van der Waals surface area contributed by atoms with Gasteiger partial charge in [0.1, 0.15) is 0 Å². The Bertz CT molecular complexity index is 795. The lowest BCUT2D eigenvalue weighted by molar-refractivity contribution is -0.139. The van der Waals surface area contributed by atoms with Gasteiger partial charge in [0.25, 0.3) is 5.56 Å². The van der Waals surface area contributed by atoms with Gasteiger partial charge in [-0.3, -0.25) is 14.4 Å². The highest BCUT2D eigenvalue weighted by atomic mass is 32.2. The third-order valence-electron chi connectivity index (χ3n) is 3.01. The molecule has 0 aliphatic heterocycles. The number of hydrogen-bond acceptors (Lipinski definition) is 7. The van der Waals surface area contributed by atoms with Crippen LogP contribution in [0.5, 0.6) is 0 Å². The molecule has 0 aliphatic carbocycles. The van der Waals surface area contributed by atoms with Crippen molar-refractivity contribution < 1.29 is 14.3 Å². The van der Waals surface area contributed by atoms with Crippen LogP contribution in [0.25, 0.3) is 0 Å². The number of carbonyl (C=O) groups is 2. The number of methoxy groups -OCH3 is 1. The topological polar surface area (TPSA) is 89.1 Å². The fraction of sp³-hybridized carbons (Fsp3) is 0.333. The molecule has 2 aromatic heterocycles. The van der Waals surface area contributed by atoms with E-state index in [0.717, 1.165) is 21.5 Å². The molecule has 2 rings (SSSR count). The summed E-state index contributed by atoms with van der Waals surface area (Å²) in [5.74, 6) is -0.320. The Hall–Kier alpha value is -1.93. The second kappa shape index (κ2) is 7.56. The first-order valence-electron chi connectivity index (χ1n) is 6.79. The van der Waals surface area contributed by atoms with Crippen LogP contribution in [0.3, 0.4) is 0 Å². The number of esters is 1. The van der Waals surface area contributed by atoms with Crippen LogP contribution in [0, 0.1) is 13.8 Å². The van der Waals surface area contributed by atoms with E-state index in [1.807, 2.05) is 19.9 Å². The summed E-state index contributed by atoms with van der Waals surface area (Å²) in [6.45, 7) is 3.86. The molecule has 122 valence electrons. The molecule has 0 atom stereocenters. The van der Waals surface area contributed by atoms with Crippen LogP contribution in [-0.2, 0) is 16.0 Å². The summed E-state index contributed by atoms with van der Waals surface area (Å²) in [7, 11) is 1.27. The first-order chi connectivity index (χ1) is 10.9. The number of thioether (sulfide) groups is 1. The minimum atomic E-state index is -0.473. The summed E-state index contributed by atoms with van der Waals surface area (Å²) in [6.07, 6.45) is -0.0786. The van der Waals surface area contributed by atoms with E-state index in [1.165, 1.54) is 13.2 Å². The number of ketones is 1. The maximum Gasteiger partial charge on any atom is 0.311 e. The predicted octanol–water partition coefficient (Wildman–Crippen LogP) is 2.14. The van der Waals surface area contributed by atoms with Gasteiger partial charge in [-0.05, 0) is 19.9 Å². The second-order valence-corrected chi connectivity index (χ2v) is 7.26. The van der Waals surface area contributed by atoms with Crippen molar-refractivity contribution in [1.29, 1.82) is 0 Å². The lowest BCUT2D eigenvalue weighted by Crippen LogP contribution is -2.14. The molecule has 0 unspecified atom stereocenters. The highest BCUT2D eigenvalue weighted by Crippen LogP contribution is 2.23. The van der Waals surface area contributed by atoms with E-state index in [0.29, 0.717) is 16.4 Å². The molecule has 0 aromatic carbocycles. The fourth-order valence-corrected chi connectivity index (χ4v) is 3.70. The highest BCUT2D eigenvalue weighted by molar-refractivity contribution is 7.99. The maximum absolute atomic E-state index is 12.2. The van der Waals surface area contributed by atoms with E-state index in [-0.39, 0.29) is 23.5 Å². The summed E-state index contributed by atoms with van der Waals surface area (Å²) in [4.78, 5) is 43.9. The second-order valence-electron chi connectivity index (χ2n) is 4.83. The molecule has 0 fully saturated rings. The van der Waals surface area contributed by atoms with Crippen molar-refractivity contribution in [3.05, 3.63) is 43.5 Å². The van der Waals surface area contributed by atoms with E-state index in [4.69, 9.17) is 0 Å². The van der Waals surface area contributed by atoms with Gasteiger partial charge in [-0.1, -0.05) is 11.8 Å². The van der Waals surface area contributed by atoms with Crippen molar-refractivity contribution in [2.24, 2.45) is 0 Å². The lowest BCUT2D eigenvalue weighted by atomic mass is 10.2. The molecule has 2 heterocycles. The molecule has 0 saturated heterocycles. The van der Waals surface area contributed by atoms with E-state index >= 15 is 0 Å². The van der Waals surface area contributed by atoms with Crippen LogP contribution in [0.2, 0.25) is 0 Å². The highest BCUT2D eigenvalue weighted by Gasteiger charge is 2.14. The van der Waals surface area contributed by atoms with E-state index < -0.39 is 5.97 Å². The molecule has 2 aromatic rings. The Morgan fingerprint density at radius 2 is 2.09 bits per heavy atom. The molecule has 0 radical (unpaired) electrons. The number of nitrogens with zero attached hydrogens (tertiary/aromatic N) is 1. The van der Waals surface area contributed by atoms with Crippen LogP contribution >= 0.6 is 23.1 Å². The number of carbonyl (C=O) groups excluding carboxylic acids is 2. The number of aromatic amines is 1. The van der Waals surface area contributed by atoms with Gasteiger partial charge >= 0.3 is 5.97 Å². The Labute approximate surface area is 141 Å². The average molecular weight is 352 g/mol. The first kappa shape index (κ1) is 17.4. The molecule has 0 bridgehead atoms. The SMILES string of the molecule is COC(=O)Cc1cc(=O)[nH]c(SCC(=O)c2cc(C)sc2C)n1. The molecule has 0 saturated carbocycles. The van der Waals surface area contributed by atoms with Crippen LogP contribution in [0.1, 0.15) is 25.8 Å². The number of nitrogens with one attached hydrogen (secondary N) is 1. The predicted molar refractivity (Wildman–Crippen MR) is 89.4 cm³/mol. The molecule has 0 amide bonds. The molecule has 8 heteroatoms. The van der Waals surface area contributed by atoms with Crippen molar-refractivity contribution in [3.63, 3.8) is 0 Å². The summed E-state index contributed by atoms with van der Waals surface area (Å²) in [6, 6.07) is 3.11. The zero-order chi connectivity index (χ0) is 17.0. The van der Waals surface area contributed by atoms with Crippen molar-refractivity contribution >= 4 is 34.9 Å². The summed E-state index contributed by atoms with van der Waals surface area (Å²) >= 11 is 2.72. The van der Waals surface area contributed by atoms with E-state index in [2.05, 4.69) is 14.7 Å². The van der Waals surface area contributed by atoms with Crippen LogP contribution in [0.15, 0.2) is 22.1 Å². The standard InChI is InChI=1S/C15H16N2O4S2/c1-8-4-11(9(2)23-8)12(18)7-22-15-16-10(5-13(19)17-15)6-14(20)21-3/h4-5H,6-7H2,1-3H3,(H,16,17,19). The first-order valence-corrected chi connectivity index (χ1v) is 8.59. The number of Topliss-reactive ketones (excluding diaryl/α,β-unsaturated/α-hetero) is 1. The van der Waals surface area contributed by atoms with Crippen molar-refractivity contribution in [1.82, 2.24) is 9.97 Å². The molecule has 6 nitrogen and oxygen atoms in total. The molecule has 0 spiro atoms. The smallest absolute Gasteiger partial charge is 0.311 e. The molecule has 1 N–H and O–H groups in total. The third-order valence-corrected chi connectivity index (χ3v) is 4.85. The van der Waals surface area contributed by atoms with Crippen molar-refractivity contribution in [2.45, 2.75) is 25.4 Å². The van der Waals surface area contributed by atoms with Gasteiger partial charge in [0.2, 0.25) is 0 Å². The molecular formula is C15H16N2O4S2. The summed E-state index contributed by atoms with van der Waals surface area (Å²) in [5, 5.41) is 0.314. The van der Waals surface area contributed by atoms with Gasteiger partial charge in [0, 0.05) is 21.4 Å². The number of aryl methyl sites for hydroxylation is 2. The number of aromatic nitrogens is 2. The number of hydrogen-bond donors (Lipinski definition) is 1. The van der Waals surface area contributed by atoms with Gasteiger partial charge in [-0.15, -0.1) is 11.3 Å². The van der Waals surface area contributed by atoms with E-state index in [1.54, 1.807) is 11.3 Å². The van der Waals surface area contributed by atoms with Gasteiger partial charge in [0.05, 0.1) is 25.0 Å². The van der Waals surface area contributed by atoms with Gasteiger partial charge in [-0.25, -0.2) is 4.98 Å².